The van der Waals surface area contributed by atoms with Crippen molar-refractivity contribution in [3.05, 3.63) is 0 Å². The van der Waals surface area contributed by atoms with Crippen molar-refractivity contribution in [3.8, 4) is 0 Å². The van der Waals surface area contributed by atoms with Crippen molar-refractivity contribution in [2.24, 2.45) is 0 Å². The molecule has 2 N–H and O–H groups in total. The van der Waals surface area contributed by atoms with Crippen LogP contribution in [0, 0.1) is 0 Å². The highest BCUT2D eigenvalue weighted by Gasteiger charge is 2.13. The molecule has 4 nitrogen and oxygen atoms in total. The van der Waals surface area contributed by atoms with Crippen molar-refractivity contribution in [2.45, 2.75) is 45.3 Å². The fourth-order valence-corrected chi connectivity index (χ4v) is 1.61. The number of alkyl carbamates (subject to hydrolysis) is 1. The van der Waals surface area contributed by atoms with Crippen molar-refractivity contribution in [1.29, 1.82) is 0 Å². The van der Waals surface area contributed by atoms with Crippen LogP contribution < -0.4 is 10.6 Å². The molecule has 0 bridgehead atoms. The summed E-state index contributed by atoms with van der Waals surface area (Å²) in [5.41, 5.74) is 0. The fraction of sp³-hybridized carbons (Fsp3) is 0.900. The van der Waals surface area contributed by atoms with Gasteiger partial charge in [-0.05, 0) is 39.7 Å². The number of amides is 1. The maximum absolute atomic E-state index is 11.1. The smallest absolute Gasteiger partial charge is 0.407 e. The lowest BCUT2D eigenvalue weighted by Crippen LogP contribution is -2.32. The number of hydrogen-bond acceptors (Lipinski definition) is 3. The van der Waals surface area contributed by atoms with Gasteiger partial charge in [0.15, 0.2) is 0 Å². The molecule has 0 spiro atoms. The van der Waals surface area contributed by atoms with Gasteiger partial charge in [-0.1, -0.05) is 0 Å². The first-order chi connectivity index (χ1) is 6.68. The molecule has 1 unspecified atom stereocenters. The first-order valence-electron chi connectivity index (χ1n) is 5.36. The van der Waals surface area contributed by atoms with Crippen LogP contribution in [0.2, 0.25) is 0 Å². The lowest BCUT2D eigenvalue weighted by Gasteiger charge is -2.12. The highest BCUT2D eigenvalue weighted by Crippen LogP contribution is 2.07. The Morgan fingerprint density at radius 2 is 2.43 bits per heavy atom. The fourth-order valence-electron chi connectivity index (χ4n) is 1.61. The zero-order valence-corrected chi connectivity index (χ0v) is 9.01. The normalized spacial score (nSPS) is 21.2. The molecule has 0 radical (unpaired) electrons. The van der Waals surface area contributed by atoms with E-state index in [2.05, 4.69) is 10.6 Å². The number of nitrogens with one attached hydrogen (secondary N) is 2. The number of carbonyl (C=O) groups is 1. The van der Waals surface area contributed by atoms with Crippen molar-refractivity contribution in [1.82, 2.24) is 10.6 Å². The third kappa shape index (κ3) is 4.46. The van der Waals surface area contributed by atoms with E-state index in [1.165, 1.54) is 12.8 Å². The summed E-state index contributed by atoms with van der Waals surface area (Å²) in [6, 6.07) is 0.578. The highest BCUT2D eigenvalue weighted by molar-refractivity contribution is 5.67. The predicted molar refractivity (Wildman–Crippen MR) is 55.3 cm³/mol. The van der Waals surface area contributed by atoms with Gasteiger partial charge in [0.2, 0.25) is 0 Å². The van der Waals surface area contributed by atoms with Crippen LogP contribution in [-0.4, -0.2) is 31.3 Å². The summed E-state index contributed by atoms with van der Waals surface area (Å²) < 4.78 is 4.94. The van der Waals surface area contributed by atoms with E-state index < -0.39 is 0 Å². The summed E-state index contributed by atoms with van der Waals surface area (Å²) in [7, 11) is 0. The summed E-state index contributed by atoms with van der Waals surface area (Å²) in [4.78, 5) is 11.1. The Bertz CT molecular complexity index is 177. The number of carbonyl (C=O) groups excluding carboxylic acids is 1. The monoisotopic (exact) mass is 200 g/mol. The van der Waals surface area contributed by atoms with Gasteiger partial charge in [0.1, 0.15) is 0 Å². The molecule has 1 aliphatic rings. The molecule has 82 valence electrons. The minimum absolute atomic E-state index is 0.0420. The number of rotatable bonds is 4. The molecule has 1 fully saturated rings. The largest absolute Gasteiger partial charge is 0.447 e. The molecule has 1 aliphatic heterocycles. The van der Waals surface area contributed by atoms with Crippen LogP contribution in [-0.2, 0) is 4.74 Å². The minimum atomic E-state index is -0.307. The van der Waals surface area contributed by atoms with Crippen molar-refractivity contribution >= 4 is 6.09 Å². The zero-order valence-electron chi connectivity index (χ0n) is 9.01. The second-order valence-corrected chi connectivity index (χ2v) is 3.96. The summed E-state index contributed by atoms with van der Waals surface area (Å²) in [5, 5.41) is 6.12. The Morgan fingerprint density at radius 3 is 3.00 bits per heavy atom. The van der Waals surface area contributed by atoms with Gasteiger partial charge in [-0.15, -0.1) is 0 Å². The van der Waals surface area contributed by atoms with Gasteiger partial charge in [-0.3, -0.25) is 0 Å². The van der Waals surface area contributed by atoms with E-state index in [0.717, 1.165) is 13.0 Å². The van der Waals surface area contributed by atoms with Gasteiger partial charge >= 0.3 is 6.09 Å². The molecule has 1 heterocycles. The molecular weight excluding hydrogens is 180 g/mol. The molecule has 1 atom stereocenters. The molecule has 4 heteroatoms. The van der Waals surface area contributed by atoms with Crippen LogP contribution in [0.25, 0.3) is 0 Å². The van der Waals surface area contributed by atoms with E-state index in [-0.39, 0.29) is 12.2 Å². The van der Waals surface area contributed by atoms with Crippen molar-refractivity contribution in [2.75, 3.05) is 13.1 Å². The van der Waals surface area contributed by atoms with Crippen LogP contribution in [0.1, 0.15) is 33.1 Å². The zero-order chi connectivity index (χ0) is 10.4. The van der Waals surface area contributed by atoms with E-state index >= 15 is 0 Å². The molecule has 0 aromatic rings. The maximum atomic E-state index is 11.1. The Hall–Kier alpha value is -0.770. The molecule has 1 amide bonds. The summed E-state index contributed by atoms with van der Waals surface area (Å²) in [5.74, 6) is 0. The first kappa shape index (κ1) is 11.3. The van der Waals surface area contributed by atoms with Gasteiger partial charge in [-0.25, -0.2) is 4.79 Å². The van der Waals surface area contributed by atoms with Gasteiger partial charge in [-0.2, -0.15) is 0 Å². The second-order valence-electron chi connectivity index (χ2n) is 3.96. The lowest BCUT2D eigenvalue weighted by atomic mass is 10.2. The molecule has 1 rings (SSSR count). The standard InChI is InChI=1S/C10H20N2O2/c1-8(2)14-10(13)12-7-5-9-4-3-6-11-9/h8-9,11H,3-7H2,1-2H3,(H,12,13). The Balaban J connectivity index is 1.99. The van der Waals surface area contributed by atoms with Crippen LogP contribution >= 0.6 is 0 Å². The summed E-state index contributed by atoms with van der Waals surface area (Å²) >= 11 is 0. The van der Waals surface area contributed by atoms with Gasteiger partial charge in [0, 0.05) is 12.6 Å². The molecule has 0 aromatic carbocycles. The molecule has 1 saturated heterocycles. The maximum Gasteiger partial charge on any atom is 0.407 e. The Kier molecular flexibility index (Phi) is 4.73. The summed E-state index contributed by atoms with van der Waals surface area (Å²) in [6.07, 6.45) is 3.12. The first-order valence-corrected chi connectivity index (χ1v) is 5.36. The Morgan fingerprint density at radius 1 is 1.64 bits per heavy atom. The van der Waals surface area contributed by atoms with Gasteiger partial charge in [0.25, 0.3) is 0 Å². The number of hydrogen-bond donors (Lipinski definition) is 2. The third-order valence-electron chi connectivity index (χ3n) is 2.27. The molecule has 0 aliphatic carbocycles. The quantitative estimate of drug-likeness (QED) is 0.718. The summed E-state index contributed by atoms with van der Waals surface area (Å²) in [6.45, 7) is 5.50. The van der Waals surface area contributed by atoms with Crippen LogP contribution in [0.5, 0.6) is 0 Å². The second kappa shape index (κ2) is 5.86. The van der Waals surface area contributed by atoms with Crippen LogP contribution in [0.4, 0.5) is 4.79 Å². The molecule has 0 aromatic heterocycles. The molecule has 14 heavy (non-hydrogen) atoms. The van der Waals surface area contributed by atoms with Gasteiger partial charge < -0.3 is 15.4 Å². The van der Waals surface area contributed by atoms with Crippen molar-refractivity contribution < 1.29 is 9.53 Å². The average Bonchev–Trinajstić information content (AvgIpc) is 2.55. The number of ether oxygens (including phenoxy) is 1. The van der Waals surface area contributed by atoms with Gasteiger partial charge in [0.05, 0.1) is 6.10 Å². The highest BCUT2D eigenvalue weighted by atomic mass is 16.6. The van der Waals surface area contributed by atoms with E-state index in [4.69, 9.17) is 4.74 Å². The molecule has 0 saturated carbocycles. The van der Waals surface area contributed by atoms with Crippen LogP contribution in [0.3, 0.4) is 0 Å². The minimum Gasteiger partial charge on any atom is -0.447 e. The molecular formula is C10H20N2O2. The van der Waals surface area contributed by atoms with E-state index in [1.54, 1.807) is 0 Å². The Labute approximate surface area is 85.4 Å². The van der Waals surface area contributed by atoms with Crippen LogP contribution in [0.15, 0.2) is 0 Å². The van der Waals surface area contributed by atoms with E-state index in [9.17, 15) is 4.79 Å². The SMILES string of the molecule is CC(C)OC(=O)NCCC1CCCN1. The third-order valence-corrected chi connectivity index (χ3v) is 2.27. The lowest BCUT2D eigenvalue weighted by molar-refractivity contribution is 0.115. The average molecular weight is 200 g/mol. The predicted octanol–water partition coefficient (Wildman–Crippen LogP) is 1.26. The van der Waals surface area contributed by atoms with Crippen molar-refractivity contribution in [3.63, 3.8) is 0 Å². The topological polar surface area (TPSA) is 50.4 Å². The van der Waals surface area contributed by atoms with E-state index in [0.29, 0.717) is 12.6 Å². The van der Waals surface area contributed by atoms with E-state index in [1.807, 2.05) is 13.8 Å².